The van der Waals surface area contributed by atoms with Gasteiger partial charge in [0.15, 0.2) is 5.43 Å². The third-order valence-corrected chi connectivity index (χ3v) is 5.77. The second-order valence-corrected chi connectivity index (χ2v) is 7.39. The molecule has 122 valence electrons. The molecule has 0 N–H and O–H groups in total. The molecule has 2 aromatic rings. The minimum Gasteiger partial charge on any atom is -0.464 e. The van der Waals surface area contributed by atoms with Crippen LogP contribution in [0.4, 0.5) is 0 Å². The predicted octanol–water partition coefficient (Wildman–Crippen LogP) is 4.60. The summed E-state index contributed by atoms with van der Waals surface area (Å²) >= 11 is 6.04. The van der Waals surface area contributed by atoms with E-state index < -0.39 is 0 Å². The highest BCUT2D eigenvalue weighted by Crippen LogP contribution is 2.35. The number of benzene rings is 1. The predicted molar refractivity (Wildman–Crippen MR) is 92.9 cm³/mol. The Morgan fingerprint density at radius 1 is 1.17 bits per heavy atom. The number of rotatable bonds is 2. The van der Waals surface area contributed by atoms with E-state index in [1.807, 2.05) is 0 Å². The molecule has 2 aliphatic rings. The molecule has 1 saturated carbocycles. The summed E-state index contributed by atoms with van der Waals surface area (Å²) in [5.74, 6) is 0.819. The van der Waals surface area contributed by atoms with E-state index in [9.17, 15) is 4.79 Å². The van der Waals surface area contributed by atoms with Crippen molar-refractivity contribution in [3.05, 3.63) is 45.3 Å². The minimum atomic E-state index is 0.0617. The van der Waals surface area contributed by atoms with Crippen LogP contribution in [0.5, 0.6) is 0 Å². The molecule has 4 heteroatoms. The molecular formula is C19H22ClNO2. The Labute approximate surface area is 141 Å². The molecule has 2 heterocycles. The van der Waals surface area contributed by atoms with E-state index in [-0.39, 0.29) is 5.43 Å². The van der Waals surface area contributed by atoms with E-state index in [1.165, 1.54) is 38.5 Å². The topological polar surface area (TPSA) is 33.5 Å². The zero-order chi connectivity index (χ0) is 15.8. The smallest absolute Gasteiger partial charge is 0.197 e. The molecule has 0 unspecified atom stereocenters. The molecule has 0 amide bonds. The lowest BCUT2D eigenvalue weighted by molar-refractivity contribution is 0.0541. The monoisotopic (exact) mass is 331 g/mol. The third-order valence-electron chi connectivity index (χ3n) is 5.54. The van der Waals surface area contributed by atoms with Gasteiger partial charge in [0, 0.05) is 23.2 Å². The molecule has 3 nitrogen and oxygen atoms in total. The SMILES string of the molecule is O=c1c(CN2CCC[C@@H]3CCCC[C@H]32)coc2ccc(Cl)cc12. The van der Waals surface area contributed by atoms with E-state index >= 15 is 0 Å². The average Bonchev–Trinajstić information content (AvgIpc) is 2.58. The van der Waals surface area contributed by atoms with Crippen LogP contribution in [-0.4, -0.2) is 17.5 Å². The lowest BCUT2D eigenvalue weighted by atomic mass is 9.78. The molecule has 1 aliphatic carbocycles. The van der Waals surface area contributed by atoms with Gasteiger partial charge >= 0.3 is 0 Å². The molecule has 1 saturated heterocycles. The summed E-state index contributed by atoms with van der Waals surface area (Å²) in [4.78, 5) is 15.3. The quantitative estimate of drug-likeness (QED) is 0.806. The maximum Gasteiger partial charge on any atom is 0.197 e. The summed E-state index contributed by atoms with van der Waals surface area (Å²) in [6.07, 6.45) is 9.55. The number of hydrogen-bond acceptors (Lipinski definition) is 3. The van der Waals surface area contributed by atoms with Crippen molar-refractivity contribution >= 4 is 22.6 Å². The van der Waals surface area contributed by atoms with Crippen LogP contribution in [0.25, 0.3) is 11.0 Å². The molecule has 0 radical (unpaired) electrons. The van der Waals surface area contributed by atoms with Crippen LogP contribution in [-0.2, 0) is 6.54 Å². The molecular weight excluding hydrogens is 310 g/mol. The summed E-state index contributed by atoms with van der Waals surface area (Å²) in [5, 5.41) is 1.17. The molecule has 1 aliphatic heterocycles. The molecule has 2 fully saturated rings. The van der Waals surface area contributed by atoms with E-state index in [0.29, 0.717) is 28.6 Å². The number of piperidine rings is 1. The van der Waals surface area contributed by atoms with Crippen molar-refractivity contribution < 1.29 is 4.42 Å². The fraction of sp³-hybridized carbons (Fsp3) is 0.526. The zero-order valence-electron chi connectivity index (χ0n) is 13.3. The van der Waals surface area contributed by atoms with E-state index in [1.54, 1.807) is 24.5 Å². The van der Waals surface area contributed by atoms with Crippen LogP contribution < -0.4 is 5.43 Å². The molecule has 2 atom stereocenters. The zero-order valence-corrected chi connectivity index (χ0v) is 14.0. The van der Waals surface area contributed by atoms with Crippen LogP contribution in [0, 0.1) is 5.92 Å². The highest BCUT2D eigenvalue weighted by molar-refractivity contribution is 6.31. The van der Waals surface area contributed by atoms with Crippen molar-refractivity contribution in [1.82, 2.24) is 4.90 Å². The summed E-state index contributed by atoms with van der Waals surface area (Å²) in [6, 6.07) is 5.88. The van der Waals surface area contributed by atoms with Gasteiger partial charge in [0.1, 0.15) is 5.58 Å². The Kier molecular flexibility index (Phi) is 4.16. The maximum absolute atomic E-state index is 12.8. The summed E-state index contributed by atoms with van der Waals surface area (Å²) in [5.41, 5.74) is 1.43. The van der Waals surface area contributed by atoms with Crippen molar-refractivity contribution in [3.8, 4) is 0 Å². The molecule has 23 heavy (non-hydrogen) atoms. The number of halogens is 1. The Balaban J connectivity index is 1.64. The van der Waals surface area contributed by atoms with Gasteiger partial charge in [0.05, 0.1) is 11.6 Å². The van der Waals surface area contributed by atoms with Crippen LogP contribution in [0.1, 0.15) is 44.1 Å². The second-order valence-electron chi connectivity index (χ2n) is 6.96. The summed E-state index contributed by atoms with van der Waals surface area (Å²) in [7, 11) is 0. The lowest BCUT2D eigenvalue weighted by Gasteiger charge is -2.44. The van der Waals surface area contributed by atoms with Gasteiger partial charge in [0.25, 0.3) is 0 Å². The molecule has 0 bridgehead atoms. The first kappa shape index (κ1) is 15.2. The van der Waals surface area contributed by atoms with Crippen LogP contribution in [0.2, 0.25) is 5.02 Å². The maximum atomic E-state index is 12.8. The first-order chi connectivity index (χ1) is 11.2. The Morgan fingerprint density at radius 3 is 2.91 bits per heavy atom. The largest absolute Gasteiger partial charge is 0.464 e. The van der Waals surface area contributed by atoms with Gasteiger partial charge in [-0.25, -0.2) is 0 Å². The van der Waals surface area contributed by atoms with Crippen LogP contribution >= 0.6 is 11.6 Å². The molecule has 0 spiro atoms. The Bertz CT molecular complexity index is 768. The molecule has 1 aromatic carbocycles. The van der Waals surface area contributed by atoms with Crippen molar-refractivity contribution in [2.45, 2.75) is 51.1 Å². The number of likely N-dealkylation sites (tertiary alicyclic amines) is 1. The van der Waals surface area contributed by atoms with Gasteiger partial charge in [-0.15, -0.1) is 0 Å². The lowest BCUT2D eigenvalue weighted by Crippen LogP contribution is -2.46. The van der Waals surface area contributed by atoms with Crippen molar-refractivity contribution in [3.63, 3.8) is 0 Å². The number of fused-ring (bicyclic) bond motifs is 2. The highest BCUT2D eigenvalue weighted by Gasteiger charge is 2.33. The van der Waals surface area contributed by atoms with E-state index in [2.05, 4.69) is 4.90 Å². The second kappa shape index (κ2) is 6.29. The normalized spacial score (nSPS) is 25.4. The highest BCUT2D eigenvalue weighted by atomic mass is 35.5. The van der Waals surface area contributed by atoms with Gasteiger partial charge < -0.3 is 4.42 Å². The number of hydrogen-bond donors (Lipinski definition) is 0. The van der Waals surface area contributed by atoms with Gasteiger partial charge in [-0.3, -0.25) is 9.69 Å². The number of nitrogens with zero attached hydrogens (tertiary/aromatic N) is 1. The van der Waals surface area contributed by atoms with Crippen molar-refractivity contribution in [2.24, 2.45) is 5.92 Å². The first-order valence-electron chi connectivity index (χ1n) is 8.66. The third kappa shape index (κ3) is 2.92. The first-order valence-corrected chi connectivity index (χ1v) is 9.04. The van der Waals surface area contributed by atoms with Gasteiger partial charge in [-0.1, -0.05) is 24.4 Å². The van der Waals surface area contributed by atoms with Gasteiger partial charge in [0.2, 0.25) is 0 Å². The van der Waals surface area contributed by atoms with Crippen LogP contribution in [0.3, 0.4) is 0 Å². The standard InChI is InChI=1S/C19H22ClNO2/c20-15-7-8-18-16(10-15)19(22)14(12-23-18)11-21-9-3-5-13-4-1-2-6-17(13)21/h7-8,10,12-13,17H,1-6,9,11H2/t13-,17+/m0/s1. The summed E-state index contributed by atoms with van der Waals surface area (Å²) in [6.45, 7) is 1.79. The fourth-order valence-corrected chi connectivity index (χ4v) is 4.57. The van der Waals surface area contributed by atoms with Crippen molar-refractivity contribution in [1.29, 1.82) is 0 Å². The average molecular weight is 332 g/mol. The minimum absolute atomic E-state index is 0.0617. The van der Waals surface area contributed by atoms with Crippen LogP contribution in [0.15, 0.2) is 33.7 Å². The van der Waals surface area contributed by atoms with Gasteiger partial charge in [-0.05, 0) is 56.3 Å². The molecule has 4 rings (SSSR count). The summed E-state index contributed by atoms with van der Waals surface area (Å²) < 4.78 is 5.67. The van der Waals surface area contributed by atoms with E-state index in [4.69, 9.17) is 16.0 Å². The van der Waals surface area contributed by atoms with E-state index in [0.717, 1.165) is 18.0 Å². The Hall–Kier alpha value is -1.32. The fourth-order valence-electron chi connectivity index (χ4n) is 4.40. The Morgan fingerprint density at radius 2 is 2.00 bits per heavy atom. The molecule has 1 aromatic heterocycles. The van der Waals surface area contributed by atoms with Gasteiger partial charge in [-0.2, -0.15) is 0 Å². The van der Waals surface area contributed by atoms with Crippen molar-refractivity contribution in [2.75, 3.05) is 6.54 Å².